The van der Waals surface area contributed by atoms with Gasteiger partial charge >= 0.3 is 0 Å². The predicted molar refractivity (Wildman–Crippen MR) is 75.9 cm³/mol. The fraction of sp³-hybridized carbons (Fsp3) is 0.400. The molecule has 1 aromatic heterocycles. The zero-order valence-electron chi connectivity index (χ0n) is 11.8. The predicted octanol–water partition coefficient (Wildman–Crippen LogP) is 2.56. The van der Waals surface area contributed by atoms with Crippen molar-refractivity contribution < 1.29 is 9.21 Å². The second kappa shape index (κ2) is 5.45. The summed E-state index contributed by atoms with van der Waals surface area (Å²) in [7, 11) is 3.51. The van der Waals surface area contributed by atoms with Crippen LogP contribution in [0.2, 0.25) is 0 Å². The first-order chi connectivity index (χ1) is 8.99. The highest BCUT2D eigenvalue weighted by molar-refractivity contribution is 5.81. The molecular weight excluding hydrogens is 240 g/mol. The zero-order chi connectivity index (χ0) is 14.0. The topological polar surface area (TPSA) is 45.5 Å². The first-order valence-electron chi connectivity index (χ1n) is 6.44. The fourth-order valence-electron chi connectivity index (χ4n) is 2.13. The lowest BCUT2D eigenvalue weighted by Crippen LogP contribution is -2.42. The summed E-state index contributed by atoms with van der Waals surface area (Å²) in [6, 6.07) is 9.66. The van der Waals surface area contributed by atoms with Gasteiger partial charge in [-0.2, -0.15) is 0 Å². The number of para-hydroxylation sites is 1. The van der Waals surface area contributed by atoms with Crippen molar-refractivity contribution in [3.63, 3.8) is 0 Å². The minimum absolute atomic E-state index is 0.00806. The van der Waals surface area contributed by atoms with Crippen LogP contribution in [0.15, 0.2) is 34.7 Å². The molecule has 4 nitrogen and oxygen atoms in total. The second-order valence-electron chi connectivity index (χ2n) is 5.03. The molecule has 0 spiro atoms. The van der Waals surface area contributed by atoms with Crippen LogP contribution in [0.25, 0.3) is 11.0 Å². The summed E-state index contributed by atoms with van der Waals surface area (Å²) >= 11 is 0. The highest BCUT2D eigenvalue weighted by Crippen LogP contribution is 2.23. The summed E-state index contributed by atoms with van der Waals surface area (Å²) in [6.45, 7) is 3.86. The van der Waals surface area contributed by atoms with Crippen molar-refractivity contribution in [1.82, 2.24) is 10.2 Å². The highest BCUT2D eigenvalue weighted by atomic mass is 16.3. The molecular formula is C15H20N2O2. The molecule has 2 atom stereocenters. The van der Waals surface area contributed by atoms with Gasteiger partial charge in [0.25, 0.3) is 0 Å². The van der Waals surface area contributed by atoms with Gasteiger partial charge in [-0.1, -0.05) is 18.2 Å². The molecule has 0 aliphatic carbocycles. The van der Waals surface area contributed by atoms with E-state index in [1.54, 1.807) is 19.0 Å². The van der Waals surface area contributed by atoms with Crippen molar-refractivity contribution in [2.75, 3.05) is 14.1 Å². The average Bonchev–Trinajstić information content (AvgIpc) is 2.81. The number of nitrogens with zero attached hydrogens (tertiary/aromatic N) is 1. The molecule has 1 amide bonds. The van der Waals surface area contributed by atoms with Crippen molar-refractivity contribution in [2.45, 2.75) is 25.9 Å². The van der Waals surface area contributed by atoms with Crippen molar-refractivity contribution in [1.29, 1.82) is 0 Å². The summed E-state index contributed by atoms with van der Waals surface area (Å²) in [5.41, 5.74) is 0.873. The summed E-state index contributed by atoms with van der Waals surface area (Å²) in [5, 5.41) is 4.33. The summed E-state index contributed by atoms with van der Waals surface area (Å²) in [4.78, 5) is 13.4. The molecule has 0 fully saturated rings. The van der Waals surface area contributed by atoms with Crippen LogP contribution in [-0.2, 0) is 4.79 Å². The Hall–Kier alpha value is -1.81. The molecule has 0 aliphatic heterocycles. The molecule has 2 aromatic rings. The Morgan fingerprint density at radius 2 is 1.95 bits per heavy atom. The van der Waals surface area contributed by atoms with E-state index < -0.39 is 0 Å². The first kappa shape index (κ1) is 13.6. The van der Waals surface area contributed by atoms with Crippen molar-refractivity contribution in [3.05, 3.63) is 36.1 Å². The van der Waals surface area contributed by atoms with Gasteiger partial charge in [0.2, 0.25) is 5.91 Å². The van der Waals surface area contributed by atoms with Crippen LogP contribution in [0.1, 0.15) is 25.6 Å². The molecule has 0 aliphatic rings. The van der Waals surface area contributed by atoms with E-state index in [9.17, 15) is 4.79 Å². The van der Waals surface area contributed by atoms with Gasteiger partial charge in [0, 0.05) is 19.5 Å². The smallest absolute Gasteiger partial charge is 0.238 e. The van der Waals surface area contributed by atoms with Crippen molar-refractivity contribution in [3.8, 4) is 0 Å². The number of likely N-dealkylation sites (N-methyl/N-ethyl adjacent to an activating group) is 1. The van der Waals surface area contributed by atoms with Crippen molar-refractivity contribution >= 4 is 16.9 Å². The number of hydrogen-bond donors (Lipinski definition) is 1. The maximum atomic E-state index is 11.8. The molecule has 0 radical (unpaired) electrons. The number of furan rings is 1. The number of amides is 1. The second-order valence-corrected chi connectivity index (χ2v) is 5.03. The van der Waals surface area contributed by atoms with E-state index in [0.717, 1.165) is 16.7 Å². The Kier molecular flexibility index (Phi) is 3.90. The summed E-state index contributed by atoms with van der Waals surface area (Å²) in [5.74, 6) is 0.905. The normalized spacial score (nSPS) is 14.3. The van der Waals surface area contributed by atoms with Crippen LogP contribution in [-0.4, -0.2) is 30.9 Å². The van der Waals surface area contributed by atoms with E-state index in [1.165, 1.54) is 0 Å². The van der Waals surface area contributed by atoms with Gasteiger partial charge in [-0.25, -0.2) is 0 Å². The minimum atomic E-state index is -0.238. The summed E-state index contributed by atoms with van der Waals surface area (Å²) in [6.07, 6.45) is 0. The monoisotopic (exact) mass is 260 g/mol. The molecule has 0 bridgehead atoms. The lowest BCUT2D eigenvalue weighted by Gasteiger charge is -2.21. The highest BCUT2D eigenvalue weighted by Gasteiger charge is 2.19. The number of carbonyl (C=O) groups is 1. The van der Waals surface area contributed by atoms with E-state index in [2.05, 4.69) is 5.32 Å². The number of nitrogens with one attached hydrogen (secondary N) is 1. The Morgan fingerprint density at radius 1 is 1.26 bits per heavy atom. The van der Waals surface area contributed by atoms with Crippen molar-refractivity contribution in [2.24, 2.45) is 0 Å². The van der Waals surface area contributed by atoms with Gasteiger partial charge in [-0.3, -0.25) is 10.1 Å². The number of fused-ring (bicyclic) bond motifs is 1. The molecule has 4 heteroatoms. The van der Waals surface area contributed by atoms with Gasteiger partial charge in [0.15, 0.2) is 0 Å². The van der Waals surface area contributed by atoms with Crippen LogP contribution in [0, 0.1) is 0 Å². The molecule has 19 heavy (non-hydrogen) atoms. The lowest BCUT2D eigenvalue weighted by molar-refractivity contribution is -0.130. The Labute approximate surface area is 113 Å². The Morgan fingerprint density at radius 3 is 2.58 bits per heavy atom. The van der Waals surface area contributed by atoms with E-state index in [4.69, 9.17) is 4.42 Å². The van der Waals surface area contributed by atoms with E-state index in [1.807, 2.05) is 44.2 Å². The third-order valence-corrected chi connectivity index (χ3v) is 3.18. The van der Waals surface area contributed by atoms with Crippen LogP contribution >= 0.6 is 0 Å². The number of carbonyl (C=O) groups excluding carboxylic acids is 1. The minimum Gasteiger partial charge on any atom is -0.459 e. The molecule has 0 saturated carbocycles. The van der Waals surface area contributed by atoms with E-state index in [0.29, 0.717) is 0 Å². The maximum Gasteiger partial charge on any atom is 0.238 e. The Bertz CT molecular complexity index is 541. The van der Waals surface area contributed by atoms with Gasteiger partial charge in [0.05, 0.1) is 12.1 Å². The average molecular weight is 260 g/mol. The summed E-state index contributed by atoms with van der Waals surface area (Å²) < 4.78 is 5.78. The van der Waals surface area contributed by atoms with Gasteiger partial charge in [-0.15, -0.1) is 0 Å². The van der Waals surface area contributed by atoms with E-state index >= 15 is 0 Å². The number of rotatable bonds is 4. The fourth-order valence-corrected chi connectivity index (χ4v) is 2.13. The first-order valence-corrected chi connectivity index (χ1v) is 6.44. The molecule has 102 valence electrons. The maximum absolute atomic E-state index is 11.8. The standard InChI is InChI=1S/C15H20N2O2/c1-10(16-11(2)15(18)17(3)4)14-9-12-7-5-6-8-13(12)19-14/h5-11,16H,1-4H3. The van der Waals surface area contributed by atoms with Gasteiger partial charge in [0.1, 0.15) is 11.3 Å². The molecule has 1 heterocycles. The molecule has 0 saturated heterocycles. The zero-order valence-corrected chi connectivity index (χ0v) is 11.8. The third kappa shape index (κ3) is 2.96. The van der Waals surface area contributed by atoms with Crippen LogP contribution in [0.5, 0.6) is 0 Å². The largest absolute Gasteiger partial charge is 0.459 e. The molecule has 2 unspecified atom stereocenters. The van der Waals surface area contributed by atoms with Crippen LogP contribution < -0.4 is 5.32 Å². The van der Waals surface area contributed by atoms with Gasteiger partial charge < -0.3 is 9.32 Å². The Balaban J connectivity index is 2.11. The quantitative estimate of drug-likeness (QED) is 0.919. The number of benzene rings is 1. The lowest BCUT2D eigenvalue weighted by atomic mass is 10.2. The third-order valence-electron chi connectivity index (χ3n) is 3.18. The SMILES string of the molecule is CC(NC(C)c1cc2ccccc2o1)C(=O)N(C)C. The number of hydrogen-bond acceptors (Lipinski definition) is 3. The van der Waals surface area contributed by atoms with E-state index in [-0.39, 0.29) is 18.0 Å². The molecule has 1 aromatic carbocycles. The molecule has 2 rings (SSSR count). The van der Waals surface area contributed by atoms with Gasteiger partial charge in [-0.05, 0) is 26.0 Å². The van der Waals surface area contributed by atoms with Crippen LogP contribution in [0.4, 0.5) is 0 Å². The molecule has 1 N–H and O–H groups in total. The van der Waals surface area contributed by atoms with Crippen LogP contribution in [0.3, 0.4) is 0 Å².